The van der Waals surface area contributed by atoms with E-state index in [1.54, 1.807) is 27.9 Å². The summed E-state index contributed by atoms with van der Waals surface area (Å²) in [4.78, 5) is 25.5. The van der Waals surface area contributed by atoms with Crippen LogP contribution in [0.3, 0.4) is 0 Å². The topological polar surface area (TPSA) is 75.4 Å². The fourth-order valence-electron chi connectivity index (χ4n) is 3.06. The van der Waals surface area contributed by atoms with Gasteiger partial charge in [0.15, 0.2) is 0 Å². The first-order valence-electron chi connectivity index (χ1n) is 7.68. The molecule has 1 aliphatic rings. The Morgan fingerprint density at radius 2 is 2.00 bits per heavy atom. The zero-order valence-corrected chi connectivity index (χ0v) is 12.9. The molecule has 1 aromatic heterocycles. The first-order valence-corrected chi connectivity index (χ1v) is 7.68. The molecule has 2 heterocycles. The fourth-order valence-corrected chi connectivity index (χ4v) is 3.06. The largest absolute Gasteiger partial charge is 0.481 e. The minimum atomic E-state index is -0.770. The SMILES string of the molecule is CC1CN(C(=O)c2ccc(-n3cccn3)cc2)CCC1C(=O)O. The van der Waals surface area contributed by atoms with Gasteiger partial charge < -0.3 is 10.0 Å². The van der Waals surface area contributed by atoms with E-state index in [2.05, 4.69) is 5.10 Å². The zero-order valence-electron chi connectivity index (χ0n) is 12.9. The number of likely N-dealkylation sites (tertiary alicyclic amines) is 1. The number of amides is 1. The number of piperidine rings is 1. The lowest BCUT2D eigenvalue weighted by Gasteiger charge is -2.35. The van der Waals surface area contributed by atoms with Crippen LogP contribution >= 0.6 is 0 Å². The van der Waals surface area contributed by atoms with Gasteiger partial charge in [-0.3, -0.25) is 9.59 Å². The predicted octanol–water partition coefficient (Wildman–Crippen LogP) is 2.06. The summed E-state index contributed by atoms with van der Waals surface area (Å²) in [5.41, 5.74) is 1.51. The van der Waals surface area contributed by atoms with Gasteiger partial charge in [0.2, 0.25) is 0 Å². The monoisotopic (exact) mass is 313 g/mol. The molecule has 0 saturated carbocycles. The Kier molecular flexibility index (Phi) is 4.14. The van der Waals surface area contributed by atoms with Gasteiger partial charge in [0, 0.05) is 31.0 Å². The van der Waals surface area contributed by atoms with E-state index in [0.29, 0.717) is 25.1 Å². The Labute approximate surface area is 134 Å². The molecular weight excluding hydrogens is 294 g/mol. The average molecular weight is 313 g/mol. The quantitative estimate of drug-likeness (QED) is 0.941. The van der Waals surface area contributed by atoms with Crippen molar-refractivity contribution < 1.29 is 14.7 Å². The molecule has 6 nitrogen and oxygen atoms in total. The summed E-state index contributed by atoms with van der Waals surface area (Å²) in [5, 5.41) is 13.3. The molecule has 6 heteroatoms. The number of aliphatic carboxylic acids is 1. The molecule has 2 atom stereocenters. The Morgan fingerprint density at radius 1 is 1.26 bits per heavy atom. The van der Waals surface area contributed by atoms with Gasteiger partial charge in [-0.1, -0.05) is 6.92 Å². The highest BCUT2D eigenvalue weighted by Gasteiger charge is 2.33. The van der Waals surface area contributed by atoms with E-state index in [9.17, 15) is 9.59 Å². The molecule has 0 bridgehead atoms. The minimum Gasteiger partial charge on any atom is -0.481 e. The highest BCUT2D eigenvalue weighted by Crippen LogP contribution is 2.24. The molecule has 1 amide bonds. The Hall–Kier alpha value is -2.63. The van der Waals surface area contributed by atoms with E-state index < -0.39 is 5.97 Å². The third-order valence-corrected chi connectivity index (χ3v) is 4.39. The Bertz CT molecular complexity index is 694. The Balaban J connectivity index is 1.70. The van der Waals surface area contributed by atoms with E-state index in [4.69, 9.17) is 5.11 Å². The summed E-state index contributed by atoms with van der Waals surface area (Å²) in [5.74, 6) is -1.21. The summed E-state index contributed by atoms with van der Waals surface area (Å²) in [7, 11) is 0. The second kappa shape index (κ2) is 6.24. The van der Waals surface area contributed by atoms with Crippen molar-refractivity contribution in [3.05, 3.63) is 48.3 Å². The zero-order chi connectivity index (χ0) is 16.4. The Morgan fingerprint density at radius 3 is 2.57 bits per heavy atom. The maximum Gasteiger partial charge on any atom is 0.306 e. The van der Waals surface area contributed by atoms with Gasteiger partial charge in [0.1, 0.15) is 0 Å². The van der Waals surface area contributed by atoms with Crippen LogP contribution in [0.2, 0.25) is 0 Å². The third kappa shape index (κ3) is 3.11. The molecule has 0 aliphatic carbocycles. The van der Waals surface area contributed by atoms with Gasteiger partial charge in [-0.15, -0.1) is 0 Å². The van der Waals surface area contributed by atoms with Gasteiger partial charge in [0.25, 0.3) is 5.91 Å². The first-order chi connectivity index (χ1) is 11.1. The van der Waals surface area contributed by atoms with Crippen molar-refractivity contribution in [1.82, 2.24) is 14.7 Å². The maximum atomic E-state index is 12.6. The maximum absolute atomic E-state index is 12.6. The van der Waals surface area contributed by atoms with Crippen LogP contribution in [0.15, 0.2) is 42.7 Å². The lowest BCUT2D eigenvalue weighted by atomic mass is 9.87. The van der Waals surface area contributed by atoms with Gasteiger partial charge in [-0.05, 0) is 42.7 Å². The van der Waals surface area contributed by atoms with E-state index in [-0.39, 0.29) is 17.7 Å². The molecule has 1 N–H and O–H groups in total. The lowest BCUT2D eigenvalue weighted by molar-refractivity contribution is -0.145. The van der Waals surface area contributed by atoms with Gasteiger partial charge in [-0.25, -0.2) is 4.68 Å². The number of benzene rings is 1. The van der Waals surface area contributed by atoms with Crippen LogP contribution in [0.5, 0.6) is 0 Å². The highest BCUT2D eigenvalue weighted by molar-refractivity contribution is 5.94. The van der Waals surface area contributed by atoms with E-state index in [1.807, 2.05) is 31.3 Å². The van der Waals surface area contributed by atoms with Crippen molar-refractivity contribution in [3.8, 4) is 5.69 Å². The molecule has 1 aromatic carbocycles. The van der Waals surface area contributed by atoms with Crippen molar-refractivity contribution in [1.29, 1.82) is 0 Å². The number of nitrogens with zero attached hydrogens (tertiary/aromatic N) is 3. The number of carbonyl (C=O) groups excluding carboxylic acids is 1. The third-order valence-electron chi connectivity index (χ3n) is 4.39. The number of aromatic nitrogens is 2. The van der Waals surface area contributed by atoms with E-state index in [0.717, 1.165) is 5.69 Å². The van der Waals surface area contributed by atoms with Crippen LogP contribution in [0.4, 0.5) is 0 Å². The highest BCUT2D eigenvalue weighted by atomic mass is 16.4. The molecule has 2 unspecified atom stereocenters. The predicted molar refractivity (Wildman–Crippen MR) is 84.4 cm³/mol. The van der Waals surface area contributed by atoms with Gasteiger partial charge in [0.05, 0.1) is 11.6 Å². The number of carboxylic acid groups (broad SMARTS) is 1. The molecule has 3 rings (SSSR count). The molecule has 1 aliphatic heterocycles. The van der Waals surface area contributed by atoms with Crippen LogP contribution in [-0.4, -0.2) is 44.8 Å². The molecular formula is C17H19N3O3. The van der Waals surface area contributed by atoms with E-state index >= 15 is 0 Å². The van der Waals surface area contributed by atoms with Crippen molar-refractivity contribution in [2.75, 3.05) is 13.1 Å². The number of carbonyl (C=O) groups is 2. The fraction of sp³-hybridized carbons (Fsp3) is 0.353. The summed E-state index contributed by atoms with van der Waals surface area (Å²) in [6, 6.07) is 9.12. The van der Waals surface area contributed by atoms with Gasteiger partial charge in [-0.2, -0.15) is 5.10 Å². The summed E-state index contributed by atoms with van der Waals surface area (Å²) in [6.45, 7) is 2.86. The average Bonchev–Trinajstić information content (AvgIpc) is 3.08. The molecule has 2 aromatic rings. The minimum absolute atomic E-state index is 0.0338. The summed E-state index contributed by atoms with van der Waals surface area (Å²) < 4.78 is 1.73. The normalized spacial score (nSPS) is 21.2. The van der Waals surface area contributed by atoms with Crippen LogP contribution in [-0.2, 0) is 4.79 Å². The summed E-state index contributed by atoms with van der Waals surface area (Å²) in [6.07, 6.45) is 4.05. The molecule has 1 fully saturated rings. The first kappa shape index (κ1) is 15.3. The molecule has 23 heavy (non-hydrogen) atoms. The standard InChI is InChI=1S/C17H19N3O3/c1-12-11-19(10-7-15(12)17(22)23)16(21)13-3-5-14(6-4-13)20-9-2-8-18-20/h2-6,8-9,12,15H,7,10-11H2,1H3,(H,22,23). The molecule has 0 radical (unpaired) electrons. The molecule has 120 valence electrons. The van der Waals surface area contributed by atoms with Crippen molar-refractivity contribution in [2.24, 2.45) is 11.8 Å². The summed E-state index contributed by atoms with van der Waals surface area (Å²) >= 11 is 0. The van der Waals surface area contributed by atoms with Crippen LogP contribution < -0.4 is 0 Å². The second-order valence-electron chi connectivity index (χ2n) is 5.96. The van der Waals surface area contributed by atoms with Gasteiger partial charge >= 0.3 is 5.97 Å². The van der Waals surface area contributed by atoms with Crippen LogP contribution in [0.25, 0.3) is 5.69 Å². The number of hydrogen-bond acceptors (Lipinski definition) is 3. The van der Waals surface area contributed by atoms with Crippen molar-refractivity contribution in [2.45, 2.75) is 13.3 Å². The number of carboxylic acids is 1. The van der Waals surface area contributed by atoms with Crippen molar-refractivity contribution in [3.63, 3.8) is 0 Å². The number of hydrogen-bond donors (Lipinski definition) is 1. The molecule has 0 spiro atoms. The lowest BCUT2D eigenvalue weighted by Crippen LogP contribution is -2.45. The smallest absolute Gasteiger partial charge is 0.306 e. The molecule has 1 saturated heterocycles. The van der Waals surface area contributed by atoms with Crippen molar-refractivity contribution >= 4 is 11.9 Å². The second-order valence-corrected chi connectivity index (χ2v) is 5.96. The van der Waals surface area contributed by atoms with Crippen LogP contribution in [0, 0.1) is 11.8 Å². The van der Waals surface area contributed by atoms with E-state index in [1.165, 1.54) is 0 Å². The number of rotatable bonds is 3. The van der Waals surface area contributed by atoms with Crippen LogP contribution in [0.1, 0.15) is 23.7 Å².